The van der Waals surface area contributed by atoms with Crippen molar-refractivity contribution >= 4 is 51.8 Å². The SMILES string of the molecule is COc1cc(OC)c(Cl)c(-c2cc3cnc(Nc4ccccc4)nc3n(CCCN3CCN(C(C)=O)CC3)c2=O)c1Cl. The summed E-state index contributed by atoms with van der Waals surface area (Å²) in [5.74, 6) is 1.13. The number of aryl methyl sites for hydroxylation is 1. The van der Waals surface area contributed by atoms with Crippen molar-refractivity contribution in [2.45, 2.75) is 19.9 Å². The van der Waals surface area contributed by atoms with Gasteiger partial charge in [0, 0.05) is 68.5 Å². The number of hydrogen-bond donors (Lipinski definition) is 1. The standard InChI is InChI=1S/C30H32Cl2N6O4/c1-19(39)37-14-12-36(13-15-37)10-7-11-38-28-20(18-33-30(35-28)34-21-8-5-4-6-9-21)16-22(29(38)40)25-26(31)23(41-2)17-24(42-3)27(25)32/h4-6,8-9,16-18H,7,10-15H2,1-3H3,(H,33,34,35). The quantitative estimate of drug-likeness (QED) is 0.280. The Kier molecular flexibility index (Phi) is 9.15. The summed E-state index contributed by atoms with van der Waals surface area (Å²) in [6.45, 7) is 5.73. The number of fused-ring (bicyclic) bond motifs is 1. The fraction of sp³-hybridized carbons (Fsp3) is 0.333. The van der Waals surface area contributed by atoms with Gasteiger partial charge in [0.15, 0.2) is 0 Å². The molecule has 5 rings (SSSR count). The second-order valence-electron chi connectivity index (χ2n) is 9.96. The van der Waals surface area contributed by atoms with Crippen molar-refractivity contribution in [2.24, 2.45) is 0 Å². The van der Waals surface area contributed by atoms with Crippen LogP contribution in [0.3, 0.4) is 0 Å². The Morgan fingerprint density at radius 2 is 1.64 bits per heavy atom. The molecule has 1 saturated heterocycles. The molecular formula is C30H32Cl2N6O4. The summed E-state index contributed by atoms with van der Waals surface area (Å²) < 4.78 is 12.5. The van der Waals surface area contributed by atoms with Crippen LogP contribution < -0.4 is 20.3 Å². The topological polar surface area (TPSA) is 102 Å². The highest BCUT2D eigenvalue weighted by Gasteiger charge is 2.24. The Morgan fingerprint density at radius 1 is 0.976 bits per heavy atom. The average molecular weight is 612 g/mol. The Balaban J connectivity index is 1.55. The Hall–Kier alpha value is -3.86. The molecule has 0 atom stereocenters. The number of aromatic nitrogens is 3. The molecule has 0 radical (unpaired) electrons. The number of nitrogens with one attached hydrogen (secondary N) is 1. The molecule has 2 aromatic heterocycles. The molecule has 1 N–H and O–H groups in total. The van der Waals surface area contributed by atoms with Crippen LogP contribution in [0.5, 0.6) is 11.5 Å². The monoisotopic (exact) mass is 610 g/mol. The minimum atomic E-state index is -0.299. The van der Waals surface area contributed by atoms with Crippen molar-refractivity contribution in [1.29, 1.82) is 0 Å². The summed E-state index contributed by atoms with van der Waals surface area (Å²) in [7, 11) is 2.98. The van der Waals surface area contributed by atoms with E-state index in [9.17, 15) is 9.59 Å². The number of anilines is 2. The molecule has 1 amide bonds. The van der Waals surface area contributed by atoms with Gasteiger partial charge in [-0.2, -0.15) is 4.98 Å². The molecule has 12 heteroatoms. The zero-order valence-electron chi connectivity index (χ0n) is 23.7. The fourth-order valence-corrected chi connectivity index (χ4v) is 5.82. The maximum absolute atomic E-state index is 14.2. The molecule has 1 aliphatic heterocycles. The van der Waals surface area contributed by atoms with Crippen molar-refractivity contribution in [3.63, 3.8) is 0 Å². The number of piperazine rings is 1. The predicted octanol–water partition coefficient (Wildman–Crippen LogP) is 5.08. The van der Waals surface area contributed by atoms with Crippen LogP contribution in [0, 0.1) is 0 Å². The maximum Gasteiger partial charge on any atom is 0.260 e. The summed E-state index contributed by atoms with van der Waals surface area (Å²) in [4.78, 5) is 39.3. The van der Waals surface area contributed by atoms with E-state index in [2.05, 4.69) is 15.2 Å². The van der Waals surface area contributed by atoms with Crippen LogP contribution in [-0.4, -0.2) is 77.2 Å². The number of halogens is 2. The van der Waals surface area contributed by atoms with E-state index in [4.69, 9.17) is 37.7 Å². The summed E-state index contributed by atoms with van der Waals surface area (Å²) in [6, 6.07) is 12.9. The van der Waals surface area contributed by atoms with Gasteiger partial charge in [-0.25, -0.2) is 4.98 Å². The number of rotatable bonds is 9. The van der Waals surface area contributed by atoms with Crippen molar-refractivity contribution in [2.75, 3.05) is 52.3 Å². The third-order valence-corrected chi connectivity index (χ3v) is 8.12. The molecule has 1 fully saturated rings. The van der Waals surface area contributed by atoms with Gasteiger partial charge >= 0.3 is 0 Å². The molecule has 0 bridgehead atoms. The lowest BCUT2D eigenvalue weighted by Gasteiger charge is -2.34. The molecule has 0 saturated carbocycles. The lowest BCUT2D eigenvalue weighted by Crippen LogP contribution is -2.48. The number of amides is 1. The average Bonchev–Trinajstić information content (AvgIpc) is 3.00. The molecule has 3 heterocycles. The van der Waals surface area contributed by atoms with E-state index in [0.717, 1.165) is 25.3 Å². The van der Waals surface area contributed by atoms with Gasteiger partial charge in [-0.05, 0) is 31.2 Å². The first-order valence-electron chi connectivity index (χ1n) is 13.6. The molecule has 0 aliphatic carbocycles. The van der Waals surface area contributed by atoms with Gasteiger partial charge in [-0.15, -0.1) is 0 Å². The number of para-hydroxylation sites is 1. The first-order valence-corrected chi connectivity index (χ1v) is 14.4. The van der Waals surface area contributed by atoms with Crippen LogP contribution in [0.1, 0.15) is 13.3 Å². The van der Waals surface area contributed by atoms with Gasteiger partial charge in [0.05, 0.1) is 29.8 Å². The molecule has 4 aromatic rings. The van der Waals surface area contributed by atoms with E-state index in [1.807, 2.05) is 35.2 Å². The van der Waals surface area contributed by atoms with Gasteiger partial charge in [0.25, 0.3) is 5.56 Å². The highest BCUT2D eigenvalue weighted by atomic mass is 35.5. The minimum absolute atomic E-state index is 0.0931. The summed E-state index contributed by atoms with van der Waals surface area (Å²) >= 11 is 13.4. The number of methoxy groups -OCH3 is 2. The normalized spacial score (nSPS) is 13.8. The molecule has 2 aromatic carbocycles. The van der Waals surface area contributed by atoms with E-state index in [1.165, 1.54) is 14.2 Å². The van der Waals surface area contributed by atoms with E-state index in [-0.39, 0.29) is 27.1 Å². The molecule has 42 heavy (non-hydrogen) atoms. The van der Waals surface area contributed by atoms with Crippen LogP contribution >= 0.6 is 23.2 Å². The fourth-order valence-electron chi connectivity index (χ4n) is 5.12. The number of carbonyl (C=O) groups excluding carboxylic acids is 1. The van der Waals surface area contributed by atoms with E-state index in [0.29, 0.717) is 60.1 Å². The Labute approximate surface area is 253 Å². The molecule has 0 unspecified atom stereocenters. The summed E-state index contributed by atoms with van der Waals surface area (Å²) in [6.07, 6.45) is 2.36. The lowest BCUT2D eigenvalue weighted by molar-refractivity contribution is -0.130. The van der Waals surface area contributed by atoms with Gasteiger partial charge in [-0.1, -0.05) is 41.4 Å². The zero-order valence-corrected chi connectivity index (χ0v) is 25.2. The molecule has 0 spiro atoms. The lowest BCUT2D eigenvalue weighted by atomic mass is 10.0. The van der Waals surface area contributed by atoms with Gasteiger partial charge in [0.2, 0.25) is 11.9 Å². The third kappa shape index (κ3) is 6.16. The van der Waals surface area contributed by atoms with Crippen LogP contribution in [0.15, 0.2) is 53.5 Å². The largest absolute Gasteiger partial charge is 0.495 e. The van der Waals surface area contributed by atoms with Crippen LogP contribution in [0.25, 0.3) is 22.2 Å². The maximum atomic E-state index is 14.2. The summed E-state index contributed by atoms with van der Waals surface area (Å²) in [5, 5.41) is 4.26. The van der Waals surface area contributed by atoms with Crippen LogP contribution in [-0.2, 0) is 11.3 Å². The van der Waals surface area contributed by atoms with E-state index >= 15 is 0 Å². The second kappa shape index (κ2) is 13.0. The van der Waals surface area contributed by atoms with Crippen LogP contribution in [0.4, 0.5) is 11.6 Å². The number of carbonyl (C=O) groups is 1. The number of hydrogen-bond acceptors (Lipinski definition) is 8. The van der Waals surface area contributed by atoms with Crippen molar-refractivity contribution in [3.8, 4) is 22.6 Å². The zero-order chi connectivity index (χ0) is 29.8. The number of pyridine rings is 1. The van der Waals surface area contributed by atoms with Gasteiger partial charge in [0.1, 0.15) is 17.1 Å². The number of ether oxygens (including phenoxy) is 2. The van der Waals surface area contributed by atoms with Crippen molar-refractivity contribution in [1.82, 2.24) is 24.3 Å². The van der Waals surface area contributed by atoms with Crippen molar-refractivity contribution in [3.05, 3.63) is 69.1 Å². The first-order chi connectivity index (χ1) is 20.3. The number of nitrogens with zero attached hydrogens (tertiary/aromatic N) is 5. The highest BCUT2D eigenvalue weighted by molar-refractivity contribution is 6.41. The van der Waals surface area contributed by atoms with E-state index < -0.39 is 0 Å². The van der Waals surface area contributed by atoms with Gasteiger partial charge in [-0.3, -0.25) is 19.1 Å². The molecule has 10 nitrogen and oxygen atoms in total. The second-order valence-corrected chi connectivity index (χ2v) is 10.7. The summed E-state index contributed by atoms with van der Waals surface area (Å²) in [5.41, 5.74) is 1.63. The number of benzene rings is 2. The molecular weight excluding hydrogens is 579 g/mol. The van der Waals surface area contributed by atoms with Crippen LogP contribution in [0.2, 0.25) is 10.0 Å². The Morgan fingerprint density at radius 3 is 2.26 bits per heavy atom. The minimum Gasteiger partial charge on any atom is -0.495 e. The molecule has 220 valence electrons. The predicted molar refractivity (Wildman–Crippen MR) is 165 cm³/mol. The van der Waals surface area contributed by atoms with Gasteiger partial charge < -0.3 is 19.7 Å². The highest BCUT2D eigenvalue weighted by Crippen LogP contribution is 2.45. The van der Waals surface area contributed by atoms with E-state index in [1.54, 1.807) is 29.8 Å². The molecule has 1 aliphatic rings. The van der Waals surface area contributed by atoms with Crippen molar-refractivity contribution < 1.29 is 14.3 Å². The third-order valence-electron chi connectivity index (χ3n) is 7.37. The first kappa shape index (κ1) is 29.6. The Bertz CT molecular complexity index is 1630. The smallest absolute Gasteiger partial charge is 0.260 e.